The lowest BCUT2D eigenvalue weighted by molar-refractivity contribution is 0.444. The van der Waals surface area contributed by atoms with E-state index in [4.69, 9.17) is 23.2 Å². The van der Waals surface area contributed by atoms with E-state index in [9.17, 15) is 0 Å². The van der Waals surface area contributed by atoms with Crippen LogP contribution in [0.15, 0.2) is 55.1 Å². The maximum Gasteiger partial charge on any atom is 0.0485 e. The minimum absolute atomic E-state index is 0.663. The highest BCUT2D eigenvalue weighted by molar-refractivity contribution is 6.35. The minimum Gasteiger partial charge on any atom is -0.349 e. The molecule has 0 N–H and O–H groups in total. The van der Waals surface area contributed by atoms with Gasteiger partial charge in [-0.05, 0) is 54.2 Å². The molecule has 1 aliphatic carbocycles. The highest BCUT2D eigenvalue weighted by Crippen LogP contribution is 2.37. The molecule has 3 aromatic rings. The van der Waals surface area contributed by atoms with Crippen molar-refractivity contribution in [2.75, 3.05) is 0 Å². The number of benzene rings is 1. The van der Waals surface area contributed by atoms with Gasteiger partial charge in [0.05, 0.1) is 0 Å². The predicted molar refractivity (Wildman–Crippen MR) is 109 cm³/mol. The van der Waals surface area contributed by atoms with E-state index < -0.39 is 0 Å². The van der Waals surface area contributed by atoms with Crippen LogP contribution in [-0.2, 0) is 6.54 Å². The Kier molecular flexibility index (Phi) is 5.33. The van der Waals surface area contributed by atoms with Crippen LogP contribution in [0, 0.1) is 0 Å². The number of rotatable bonds is 4. The Bertz CT molecular complexity index is 895. The van der Waals surface area contributed by atoms with Gasteiger partial charge in [0.25, 0.3) is 0 Å². The normalized spacial score (nSPS) is 15.3. The van der Waals surface area contributed by atoms with Gasteiger partial charge in [-0.15, -0.1) is 0 Å². The van der Waals surface area contributed by atoms with Crippen molar-refractivity contribution in [3.8, 4) is 11.1 Å². The molecule has 2 heterocycles. The quantitative estimate of drug-likeness (QED) is 0.475. The predicted octanol–water partition coefficient (Wildman–Crippen LogP) is 6.95. The Labute approximate surface area is 164 Å². The van der Waals surface area contributed by atoms with Crippen LogP contribution < -0.4 is 0 Å². The smallest absolute Gasteiger partial charge is 0.0485 e. The van der Waals surface area contributed by atoms with Crippen LogP contribution in [0.2, 0.25) is 10.0 Å². The molecule has 0 radical (unpaired) electrons. The number of hydrogen-bond donors (Lipinski definition) is 0. The average molecular weight is 385 g/mol. The molecule has 1 saturated carbocycles. The van der Waals surface area contributed by atoms with Gasteiger partial charge in [0.15, 0.2) is 0 Å². The standard InChI is InChI=1S/C22H22Cl2N2/c23-19-7-6-18(22(24)12-19)15-26-11-9-17(14-26)21-13-25-10-8-20(21)16-4-2-1-3-5-16/h6-14,16H,1-5,15H2. The maximum absolute atomic E-state index is 6.32. The van der Waals surface area contributed by atoms with Gasteiger partial charge in [-0.1, -0.05) is 48.5 Å². The molecule has 0 bridgehead atoms. The molecule has 2 nitrogen and oxygen atoms in total. The van der Waals surface area contributed by atoms with Crippen LogP contribution in [0.25, 0.3) is 11.1 Å². The molecule has 4 heteroatoms. The Morgan fingerprint density at radius 1 is 1.04 bits per heavy atom. The van der Waals surface area contributed by atoms with E-state index in [-0.39, 0.29) is 0 Å². The number of nitrogens with zero attached hydrogens (tertiary/aromatic N) is 2. The molecule has 0 spiro atoms. The fourth-order valence-corrected chi connectivity index (χ4v) is 4.43. The zero-order valence-corrected chi connectivity index (χ0v) is 16.2. The lowest BCUT2D eigenvalue weighted by atomic mass is 9.82. The molecule has 134 valence electrons. The highest BCUT2D eigenvalue weighted by Gasteiger charge is 2.19. The summed E-state index contributed by atoms with van der Waals surface area (Å²) in [4.78, 5) is 4.39. The molecular formula is C22H22Cl2N2. The van der Waals surface area contributed by atoms with E-state index in [0.29, 0.717) is 16.0 Å². The third kappa shape index (κ3) is 3.82. The third-order valence-corrected chi connectivity index (χ3v) is 5.92. The number of aromatic nitrogens is 2. The van der Waals surface area contributed by atoms with Crippen LogP contribution in [0.3, 0.4) is 0 Å². The molecule has 0 aliphatic heterocycles. The van der Waals surface area contributed by atoms with Gasteiger partial charge in [0.1, 0.15) is 0 Å². The van der Waals surface area contributed by atoms with E-state index in [0.717, 1.165) is 12.1 Å². The first-order chi connectivity index (χ1) is 12.7. The molecule has 4 rings (SSSR count). The molecule has 1 aliphatic rings. The second-order valence-electron chi connectivity index (χ2n) is 7.11. The van der Waals surface area contributed by atoms with Crippen molar-refractivity contribution in [1.29, 1.82) is 0 Å². The maximum atomic E-state index is 6.32. The zero-order chi connectivity index (χ0) is 17.9. The van der Waals surface area contributed by atoms with E-state index in [2.05, 4.69) is 34.1 Å². The Balaban J connectivity index is 1.60. The molecule has 0 atom stereocenters. The molecule has 0 saturated heterocycles. The van der Waals surface area contributed by atoms with E-state index in [1.165, 1.54) is 48.8 Å². The molecule has 26 heavy (non-hydrogen) atoms. The van der Waals surface area contributed by atoms with E-state index in [1.807, 2.05) is 24.5 Å². The first-order valence-corrected chi connectivity index (χ1v) is 10.0. The van der Waals surface area contributed by atoms with Crippen molar-refractivity contribution in [3.05, 3.63) is 76.3 Å². The first kappa shape index (κ1) is 17.6. The third-order valence-electron chi connectivity index (χ3n) is 5.33. The van der Waals surface area contributed by atoms with Gasteiger partial charge >= 0.3 is 0 Å². The van der Waals surface area contributed by atoms with E-state index in [1.54, 1.807) is 6.07 Å². The Hall–Kier alpha value is -1.77. The molecule has 0 amide bonds. The second-order valence-corrected chi connectivity index (χ2v) is 7.95. The fourth-order valence-electron chi connectivity index (χ4n) is 3.96. The molecule has 1 aromatic carbocycles. The van der Waals surface area contributed by atoms with Gasteiger partial charge in [0.2, 0.25) is 0 Å². The molecule has 1 fully saturated rings. The van der Waals surface area contributed by atoms with Gasteiger partial charge in [-0.3, -0.25) is 4.98 Å². The summed E-state index contributed by atoms with van der Waals surface area (Å²) in [6.45, 7) is 0.731. The Morgan fingerprint density at radius 2 is 1.88 bits per heavy atom. The topological polar surface area (TPSA) is 17.8 Å². The summed E-state index contributed by atoms with van der Waals surface area (Å²) in [6, 6.07) is 10.0. The lowest BCUT2D eigenvalue weighted by Gasteiger charge is -2.23. The van der Waals surface area contributed by atoms with Crippen molar-refractivity contribution in [1.82, 2.24) is 9.55 Å². The monoisotopic (exact) mass is 384 g/mol. The fraction of sp³-hybridized carbons (Fsp3) is 0.318. The first-order valence-electron chi connectivity index (χ1n) is 9.25. The summed E-state index contributed by atoms with van der Waals surface area (Å²) >= 11 is 12.3. The summed E-state index contributed by atoms with van der Waals surface area (Å²) in [6.07, 6.45) is 14.9. The summed E-state index contributed by atoms with van der Waals surface area (Å²) in [5.41, 5.74) is 5.00. The van der Waals surface area contributed by atoms with Crippen LogP contribution >= 0.6 is 23.2 Å². The van der Waals surface area contributed by atoms with Gasteiger partial charge in [-0.2, -0.15) is 0 Å². The number of halogens is 2. The summed E-state index contributed by atoms with van der Waals surface area (Å²) in [5, 5.41) is 1.37. The van der Waals surface area contributed by atoms with Crippen LogP contribution in [0.1, 0.15) is 49.1 Å². The van der Waals surface area contributed by atoms with Crippen molar-refractivity contribution in [2.24, 2.45) is 0 Å². The van der Waals surface area contributed by atoms with Gasteiger partial charge in [-0.25, -0.2) is 0 Å². The molecule has 0 unspecified atom stereocenters. The summed E-state index contributed by atoms with van der Waals surface area (Å²) < 4.78 is 2.17. The van der Waals surface area contributed by atoms with Crippen molar-refractivity contribution in [3.63, 3.8) is 0 Å². The lowest BCUT2D eigenvalue weighted by Crippen LogP contribution is -2.06. The van der Waals surface area contributed by atoms with Crippen molar-refractivity contribution < 1.29 is 0 Å². The van der Waals surface area contributed by atoms with Gasteiger partial charge < -0.3 is 4.57 Å². The van der Waals surface area contributed by atoms with Crippen LogP contribution in [0.4, 0.5) is 0 Å². The largest absolute Gasteiger partial charge is 0.349 e. The SMILES string of the molecule is Clc1ccc(Cn2ccc(-c3cnccc3C3CCCCC3)c2)c(Cl)c1. The average Bonchev–Trinajstić information content (AvgIpc) is 3.13. The van der Waals surface area contributed by atoms with Crippen molar-refractivity contribution in [2.45, 2.75) is 44.6 Å². The highest BCUT2D eigenvalue weighted by atomic mass is 35.5. The molecule has 2 aromatic heterocycles. The van der Waals surface area contributed by atoms with E-state index >= 15 is 0 Å². The second kappa shape index (κ2) is 7.85. The summed E-state index contributed by atoms with van der Waals surface area (Å²) in [7, 11) is 0. The van der Waals surface area contributed by atoms with Gasteiger partial charge in [0, 0.05) is 52.5 Å². The number of pyridine rings is 1. The van der Waals surface area contributed by atoms with Crippen LogP contribution in [0.5, 0.6) is 0 Å². The minimum atomic E-state index is 0.663. The number of hydrogen-bond acceptors (Lipinski definition) is 1. The van der Waals surface area contributed by atoms with Crippen LogP contribution in [-0.4, -0.2) is 9.55 Å². The zero-order valence-electron chi connectivity index (χ0n) is 14.7. The molecular weight excluding hydrogens is 363 g/mol. The summed E-state index contributed by atoms with van der Waals surface area (Å²) in [5.74, 6) is 0.663. The Morgan fingerprint density at radius 3 is 2.69 bits per heavy atom. The van der Waals surface area contributed by atoms with Crippen molar-refractivity contribution >= 4 is 23.2 Å².